The highest BCUT2D eigenvalue weighted by Crippen LogP contribution is 2.23. The van der Waals surface area contributed by atoms with Crippen molar-refractivity contribution in [3.05, 3.63) is 72.6 Å². The number of pyridine rings is 1. The number of hydrogen-bond donors (Lipinski definition) is 2. The maximum atomic E-state index is 12.5. The van der Waals surface area contributed by atoms with Crippen molar-refractivity contribution in [3.63, 3.8) is 0 Å². The molecule has 0 spiro atoms. The summed E-state index contributed by atoms with van der Waals surface area (Å²) < 4.78 is 0. The maximum Gasteiger partial charge on any atom is 0.272 e. The van der Waals surface area contributed by atoms with Gasteiger partial charge < -0.3 is 10.3 Å². The smallest absolute Gasteiger partial charge is 0.272 e. The Hall–Kier alpha value is -3.14. The molecule has 0 aliphatic carbocycles. The second-order valence-electron chi connectivity index (χ2n) is 5.11. The molecule has 4 rings (SSSR count). The Kier molecular flexibility index (Phi) is 2.86. The molecule has 2 heterocycles. The van der Waals surface area contributed by atoms with E-state index in [0.717, 1.165) is 21.8 Å². The van der Waals surface area contributed by atoms with Crippen LogP contribution in [-0.4, -0.2) is 15.9 Å². The number of amides is 1. The van der Waals surface area contributed by atoms with E-state index >= 15 is 0 Å². The number of aromatic nitrogens is 2. The number of fused-ring (bicyclic) bond motifs is 2. The first-order chi connectivity index (χ1) is 10.8. The molecular weight excluding hydrogens is 274 g/mol. The minimum Gasteiger partial charge on any atom is -0.335 e. The van der Waals surface area contributed by atoms with Crippen LogP contribution in [0.4, 0.5) is 5.69 Å². The van der Waals surface area contributed by atoms with Crippen LogP contribution in [0, 0.1) is 0 Å². The molecular formula is C18H13N3O. The Balaban J connectivity index is 1.71. The molecule has 0 saturated heterocycles. The van der Waals surface area contributed by atoms with Crippen molar-refractivity contribution in [1.29, 1.82) is 0 Å². The van der Waals surface area contributed by atoms with Gasteiger partial charge >= 0.3 is 0 Å². The standard InChI is InChI=1S/C18H13N3O/c22-18(16-11-13-7-4-10-19-17(13)20-16)21-15-9-3-6-12-5-1-2-8-14(12)15/h1-11H,(H,19,20)(H,21,22). The number of carbonyl (C=O) groups excluding carboxylic acids is 1. The molecule has 0 atom stereocenters. The maximum absolute atomic E-state index is 12.5. The van der Waals surface area contributed by atoms with Crippen molar-refractivity contribution in [2.24, 2.45) is 0 Å². The minimum absolute atomic E-state index is 0.172. The summed E-state index contributed by atoms with van der Waals surface area (Å²) in [7, 11) is 0. The second-order valence-corrected chi connectivity index (χ2v) is 5.11. The fourth-order valence-corrected chi connectivity index (χ4v) is 2.60. The number of aromatic amines is 1. The lowest BCUT2D eigenvalue weighted by Crippen LogP contribution is -2.12. The molecule has 22 heavy (non-hydrogen) atoms. The molecule has 4 heteroatoms. The zero-order valence-electron chi connectivity index (χ0n) is 11.7. The molecule has 2 N–H and O–H groups in total. The normalized spacial score (nSPS) is 10.9. The summed E-state index contributed by atoms with van der Waals surface area (Å²) in [6, 6.07) is 19.4. The Morgan fingerprint density at radius 2 is 1.77 bits per heavy atom. The minimum atomic E-state index is -0.172. The molecule has 0 aliphatic rings. The lowest BCUT2D eigenvalue weighted by Gasteiger charge is -2.07. The van der Waals surface area contributed by atoms with Gasteiger partial charge in [-0.3, -0.25) is 4.79 Å². The van der Waals surface area contributed by atoms with Crippen molar-refractivity contribution >= 4 is 33.4 Å². The van der Waals surface area contributed by atoms with Crippen LogP contribution in [-0.2, 0) is 0 Å². The summed E-state index contributed by atoms with van der Waals surface area (Å²) in [5.41, 5.74) is 2.02. The van der Waals surface area contributed by atoms with Gasteiger partial charge in [-0.1, -0.05) is 36.4 Å². The molecule has 0 unspecified atom stereocenters. The number of H-pyrrole nitrogens is 1. The Labute approximate surface area is 126 Å². The highest BCUT2D eigenvalue weighted by atomic mass is 16.1. The van der Waals surface area contributed by atoms with Crippen molar-refractivity contribution in [2.45, 2.75) is 0 Å². The number of rotatable bonds is 2. The highest BCUT2D eigenvalue weighted by Gasteiger charge is 2.11. The number of hydrogen-bond acceptors (Lipinski definition) is 2. The third kappa shape index (κ3) is 2.11. The van der Waals surface area contributed by atoms with Crippen molar-refractivity contribution in [3.8, 4) is 0 Å². The monoisotopic (exact) mass is 287 g/mol. The largest absolute Gasteiger partial charge is 0.335 e. The molecule has 2 aromatic heterocycles. The second kappa shape index (κ2) is 5.00. The molecule has 4 nitrogen and oxygen atoms in total. The predicted molar refractivity (Wildman–Crippen MR) is 88.0 cm³/mol. The SMILES string of the molecule is O=C(Nc1cccc2ccccc12)c1cc2cccnc2[nH]1. The summed E-state index contributed by atoms with van der Waals surface area (Å²) in [5.74, 6) is -0.172. The van der Waals surface area contributed by atoms with E-state index in [2.05, 4.69) is 15.3 Å². The summed E-state index contributed by atoms with van der Waals surface area (Å²) in [6.07, 6.45) is 1.70. The first kappa shape index (κ1) is 12.6. The van der Waals surface area contributed by atoms with Crippen LogP contribution in [0.3, 0.4) is 0 Å². The van der Waals surface area contributed by atoms with Gasteiger partial charge in [-0.15, -0.1) is 0 Å². The molecule has 4 aromatic rings. The quantitative estimate of drug-likeness (QED) is 0.586. The van der Waals surface area contributed by atoms with E-state index in [1.165, 1.54) is 0 Å². The lowest BCUT2D eigenvalue weighted by molar-refractivity contribution is 0.102. The molecule has 1 amide bonds. The summed E-state index contributed by atoms with van der Waals surface area (Å²) in [5, 5.41) is 6.00. The molecule has 0 bridgehead atoms. The molecule has 0 radical (unpaired) electrons. The van der Waals surface area contributed by atoms with Gasteiger partial charge in [0.15, 0.2) is 0 Å². The van der Waals surface area contributed by atoms with Gasteiger partial charge in [0, 0.05) is 22.7 Å². The van der Waals surface area contributed by atoms with Gasteiger partial charge in [-0.2, -0.15) is 0 Å². The van der Waals surface area contributed by atoms with Crippen LogP contribution in [0.2, 0.25) is 0 Å². The molecule has 2 aromatic carbocycles. The van der Waals surface area contributed by atoms with Crippen molar-refractivity contribution in [2.75, 3.05) is 5.32 Å². The summed E-state index contributed by atoms with van der Waals surface area (Å²) >= 11 is 0. The first-order valence-electron chi connectivity index (χ1n) is 7.04. The number of nitrogens with zero attached hydrogens (tertiary/aromatic N) is 1. The fraction of sp³-hybridized carbons (Fsp3) is 0. The third-order valence-corrected chi connectivity index (χ3v) is 3.67. The Bertz CT molecular complexity index is 949. The summed E-state index contributed by atoms with van der Waals surface area (Å²) in [4.78, 5) is 19.7. The van der Waals surface area contributed by atoms with Gasteiger partial charge in [0.2, 0.25) is 0 Å². The van der Waals surface area contributed by atoms with Gasteiger partial charge in [-0.25, -0.2) is 4.98 Å². The van der Waals surface area contributed by atoms with Gasteiger partial charge in [-0.05, 0) is 29.7 Å². The number of anilines is 1. The van der Waals surface area contributed by atoms with E-state index in [1.807, 2.05) is 60.7 Å². The average molecular weight is 287 g/mol. The van der Waals surface area contributed by atoms with Crippen LogP contribution in [0.15, 0.2) is 66.9 Å². The number of nitrogens with one attached hydrogen (secondary N) is 2. The zero-order chi connectivity index (χ0) is 14.9. The predicted octanol–water partition coefficient (Wildman–Crippen LogP) is 3.97. The van der Waals surface area contributed by atoms with Crippen LogP contribution in [0.5, 0.6) is 0 Å². The average Bonchev–Trinajstić information content (AvgIpc) is 2.99. The number of benzene rings is 2. The zero-order valence-corrected chi connectivity index (χ0v) is 11.7. The first-order valence-corrected chi connectivity index (χ1v) is 7.04. The van der Waals surface area contributed by atoms with Crippen LogP contribution < -0.4 is 5.32 Å². The van der Waals surface area contributed by atoms with E-state index < -0.39 is 0 Å². The Morgan fingerprint density at radius 1 is 0.955 bits per heavy atom. The lowest BCUT2D eigenvalue weighted by atomic mass is 10.1. The Morgan fingerprint density at radius 3 is 2.68 bits per heavy atom. The fourth-order valence-electron chi connectivity index (χ4n) is 2.60. The van der Waals surface area contributed by atoms with E-state index in [0.29, 0.717) is 11.3 Å². The van der Waals surface area contributed by atoms with E-state index in [-0.39, 0.29) is 5.91 Å². The van der Waals surface area contributed by atoms with Crippen molar-refractivity contribution in [1.82, 2.24) is 9.97 Å². The summed E-state index contributed by atoms with van der Waals surface area (Å²) in [6.45, 7) is 0. The van der Waals surface area contributed by atoms with E-state index in [4.69, 9.17) is 0 Å². The topological polar surface area (TPSA) is 57.8 Å². The van der Waals surface area contributed by atoms with Crippen LogP contribution in [0.1, 0.15) is 10.5 Å². The van der Waals surface area contributed by atoms with Gasteiger partial charge in [0.05, 0.1) is 0 Å². The molecule has 0 saturated carbocycles. The van der Waals surface area contributed by atoms with Crippen molar-refractivity contribution < 1.29 is 4.79 Å². The third-order valence-electron chi connectivity index (χ3n) is 3.67. The number of carbonyl (C=O) groups is 1. The molecule has 106 valence electrons. The van der Waals surface area contributed by atoms with Gasteiger partial charge in [0.1, 0.15) is 11.3 Å². The van der Waals surface area contributed by atoms with Crippen LogP contribution >= 0.6 is 0 Å². The van der Waals surface area contributed by atoms with E-state index in [9.17, 15) is 4.79 Å². The van der Waals surface area contributed by atoms with Crippen LogP contribution in [0.25, 0.3) is 21.8 Å². The molecule has 0 fully saturated rings. The molecule has 0 aliphatic heterocycles. The van der Waals surface area contributed by atoms with E-state index in [1.54, 1.807) is 6.20 Å². The highest BCUT2D eigenvalue weighted by molar-refractivity contribution is 6.09. The van der Waals surface area contributed by atoms with Gasteiger partial charge in [0.25, 0.3) is 5.91 Å².